The van der Waals surface area contributed by atoms with E-state index in [2.05, 4.69) is 12.2 Å². The average molecular weight is 283 g/mol. The Bertz CT molecular complexity index is 362. The number of amides is 3. The van der Waals surface area contributed by atoms with Gasteiger partial charge < -0.3 is 19.9 Å². The van der Waals surface area contributed by atoms with Crippen molar-refractivity contribution in [2.75, 3.05) is 39.4 Å². The van der Waals surface area contributed by atoms with Crippen LogP contribution in [0.5, 0.6) is 0 Å². The van der Waals surface area contributed by atoms with Gasteiger partial charge in [0.2, 0.25) is 5.91 Å². The molecule has 0 spiro atoms. The SMILES string of the molecule is CCNC(=O)C1COCCN1C(=O)N1CCCC(C)C1. The maximum absolute atomic E-state index is 12.6. The van der Waals surface area contributed by atoms with Crippen molar-refractivity contribution in [3.63, 3.8) is 0 Å². The van der Waals surface area contributed by atoms with Crippen LogP contribution >= 0.6 is 0 Å². The second-order valence-corrected chi connectivity index (χ2v) is 5.65. The van der Waals surface area contributed by atoms with Crippen molar-refractivity contribution >= 4 is 11.9 Å². The third-order valence-electron chi connectivity index (χ3n) is 3.96. The Morgan fingerprint density at radius 2 is 2.15 bits per heavy atom. The molecule has 2 unspecified atom stereocenters. The predicted molar refractivity (Wildman–Crippen MR) is 75.4 cm³/mol. The summed E-state index contributed by atoms with van der Waals surface area (Å²) in [5.74, 6) is 0.419. The van der Waals surface area contributed by atoms with Crippen LogP contribution in [0.15, 0.2) is 0 Å². The maximum atomic E-state index is 12.6. The van der Waals surface area contributed by atoms with Gasteiger partial charge in [-0.05, 0) is 25.7 Å². The van der Waals surface area contributed by atoms with Gasteiger partial charge in [0, 0.05) is 26.2 Å². The van der Waals surface area contributed by atoms with Crippen LogP contribution in [-0.4, -0.2) is 67.2 Å². The highest BCUT2D eigenvalue weighted by atomic mass is 16.5. The lowest BCUT2D eigenvalue weighted by Gasteiger charge is -2.40. The van der Waals surface area contributed by atoms with Gasteiger partial charge in [-0.25, -0.2) is 4.79 Å². The summed E-state index contributed by atoms with van der Waals surface area (Å²) in [5, 5.41) is 2.78. The highest BCUT2D eigenvalue weighted by molar-refractivity contribution is 5.87. The molecule has 2 heterocycles. The Balaban J connectivity index is 2.03. The van der Waals surface area contributed by atoms with Crippen LogP contribution in [0.25, 0.3) is 0 Å². The molecule has 0 saturated carbocycles. The lowest BCUT2D eigenvalue weighted by atomic mass is 10.0. The summed E-state index contributed by atoms with van der Waals surface area (Å²) in [4.78, 5) is 28.2. The molecule has 0 bridgehead atoms. The molecule has 0 aromatic rings. The van der Waals surface area contributed by atoms with Crippen LogP contribution in [0.1, 0.15) is 26.7 Å². The van der Waals surface area contributed by atoms with Gasteiger partial charge in [-0.2, -0.15) is 0 Å². The number of piperidine rings is 1. The molecule has 0 aliphatic carbocycles. The summed E-state index contributed by atoms with van der Waals surface area (Å²) in [6, 6.07) is -0.510. The topological polar surface area (TPSA) is 61.9 Å². The fourth-order valence-corrected chi connectivity index (χ4v) is 2.89. The fourth-order valence-electron chi connectivity index (χ4n) is 2.89. The van der Waals surface area contributed by atoms with Gasteiger partial charge in [0.15, 0.2) is 0 Å². The van der Waals surface area contributed by atoms with E-state index in [0.717, 1.165) is 19.5 Å². The molecule has 3 amide bonds. The summed E-state index contributed by atoms with van der Waals surface area (Å²) in [6.07, 6.45) is 2.22. The molecule has 2 atom stereocenters. The van der Waals surface area contributed by atoms with E-state index in [1.165, 1.54) is 6.42 Å². The Hall–Kier alpha value is -1.30. The Labute approximate surface area is 120 Å². The largest absolute Gasteiger partial charge is 0.377 e. The van der Waals surface area contributed by atoms with Gasteiger partial charge in [-0.3, -0.25) is 4.79 Å². The van der Waals surface area contributed by atoms with E-state index < -0.39 is 6.04 Å². The highest BCUT2D eigenvalue weighted by Gasteiger charge is 2.35. The van der Waals surface area contributed by atoms with Crippen molar-refractivity contribution in [2.24, 2.45) is 5.92 Å². The molecule has 0 aromatic carbocycles. The second kappa shape index (κ2) is 6.92. The Kier molecular flexibility index (Phi) is 5.23. The van der Waals surface area contributed by atoms with E-state index in [4.69, 9.17) is 4.74 Å². The summed E-state index contributed by atoms with van der Waals surface area (Å²) < 4.78 is 5.37. The third-order valence-corrected chi connectivity index (χ3v) is 3.96. The van der Waals surface area contributed by atoms with E-state index in [-0.39, 0.29) is 11.9 Å². The van der Waals surface area contributed by atoms with Crippen LogP contribution in [0, 0.1) is 5.92 Å². The van der Waals surface area contributed by atoms with Gasteiger partial charge in [-0.15, -0.1) is 0 Å². The first-order valence-corrected chi connectivity index (χ1v) is 7.54. The number of nitrogens with one attached hydrogen (secondary N) is 1. The minimum absolute atomic E-state index is 0.0175. The second-order valence-electron chi connectivity index (χ2n) is 5.65. The average Bonchev–Trinajstić information content (AvgIpc) is 2.47. The van der Waals surface area contributed by atoms with Crippen molar-refractivity contribution in [1.82, 2.24) is 15.1 Å². The van der Waals surface area contributed by atoms with Crippen LogP contribution < -0.4 is 5.32 Å². The molecule has 6 heteroatoms. The Morgan fingerprint density at radius 3 is 2.85 bits per heavy atom. The molecule has 2 saturated heterocycles. The normalized spacial score (nSPS) is 27.3. The third kappa shape index (κ3) is 3.42. The summed E-state index contributed by atoms with van der Waals surface area (Å²) in [6.45, 7) is 7.48. The number of rotatable bonds is 2. The number of likely N-dealkylation sites (tertiary alicyclic amines) is 1. The molecule has 0 aromatic heterocycles. The molecule has 2 rings (SSSR count). The van der Waals surface area contributed by atoms with Crippen LogP contribution in [0.4, 0.5) is 4.79 Å². The van der Waals surface area contributed by atoms with Crippen LogP contribution in [0.2, 0.25) is 0 Å². The fraction of sp³-hybridized carbons (Fsp3) is 0.857. The summed E-state index contributed by atoms with van der Waals surface area (Å²) >= 11 is 0. The van der Waals surface area contributed by atoms with E-state index in [1.54, 1.807) is 4.90 Å². The number of likely N-dealkylation sites (N-methyl/N-ethyl adjacent to an activating group) is 1. The quantitative estimate of drug-likeness (QED) is 0.810. The molecule has 114 valence electrons. The lowest BCUT2D eigenvalue weighted by molar-refractivity contribution is -0.130. The number of urea groups is 1. The van der Waals surface area contributed by atoms with Crippen molar-refractivity contribution < 1.29 is 14.3 Å². The van der Waals surface area contributed by atoms with E-state index in [0.29, 0.717) is 32.2 Å². The predicted octanol–water partition coefficient (Wildman–Crippen LogP) is 0.675. The minimum Gasteiger partial charge on any atom is -0.377 e. The molecule has 20 heavy (non-hydrogen) atoms. The Morgan fingerprint density at radius 1 is 1.35 bits per heavy atom. The van der Waals surface area contributed by atoms with Crippen molar-refractivity contribution in [1.29, 1.82) is 0 Å². The van der Waals surface area contributed by atoms with Crippen molar-refractivity contribution in [3.8, 4) is 0 Å². The molecular formula is C14H25N3O3. The summed E-state index contributed by atoms with van der Waals surface area (Å²) in [7, 11) is 0. The van der Waals surface area contributed by atoms with Crippen LogP contribution in [0.3, 0.4) is 0 Å². The number of hydrogen-bond donors (Lipinski definition) is 1. The molecule has 0 radical (unpaired) electrons. The minimum atomic E-state index is -0.492. The van der Waals surface area contributed by atoms with Crippen molar-refractivity contribution in [2.45, 2.75) is 32.7 Å². The lowest BCUT2D eigenvalue weighted by Crippen LogP contribution is -2.59. The number of carbonyl (C=O) groups excluding carboxylic acids is 2. The van der Waals surface area contributed by atoms with Gasteiger partial charge in [0.1, 0.15) is 6.04 Å². The van der Waals surface area contributed by atoms with Gasteiger partial charge in [-0.1, -0.05) is 6.92 Å². The molecule has 2 aliphatic rings. The highest BCUT2D eigenvalue weighted by Crippen LogP contribution is 2.19. The molecule has 2 fully saturated rings. The monoisotopic (exact) mass is 283 g/mol. The maximum Gasteiger partial charge on any atom is 0.320 e. The van der Waals surface area contributed by atoms with Crippen LogP contribution in [-0.2, 0) is 9.53 Å². The van der Waals surface area contributed by atoms with Gasteiger partial charge >= 0.3 is 6.03 Å². The van der Waals surface area contributed by atoms with Gasteiger partial charge in [0.25, 0.3) is 0 Å². The van der Waals surface area contributed by atoms with E-state index in [1.807, 2.05) is 11.8 Å². The van der Waals surface area contributed by atoms with Crippen molar-refractivity contribution in [3.05, 3.63) is 0 Å². The zero-order chi connectivity index (χ0) is 14.5. The van der Waals surface area contributed by atoms with E-state index >= 15 is 0 Å². The molecule has 2 aliphatic heterocycles. The number of nitrogens with zero attached hydrogens (tertiary/aromatic N) is 2. The standard InChI is InChI=1S/C14H25N3O3/c1-3-15-13(18)12-10-20-8-7-17(12)14(19)16-6-4-5-11(2)9-16/h11-12H,3-10H2,1-2H3,(H,15,18). The first-order chi connectivity index (χ1) is 9.63. The first kappa shape index (κ1) is 15.1. The zero-order valence-electron chi connectivity index (χ0n) is 12.4. The number of hydrogen-bond acceptors (Lipinski definition) is 3. The molecular weight excluding hydrogens is 258 g/mol. The molecule has 6 nitrogen and oxygen atoms in total. The first-order valence-electron chi connectivity index (χ1n) is 7.54. The number of morpholine rings is 1. The zero-order valence-corrected chi connectivity index (χ0v) is 12.4. The smallest absolute Gasteiger partial charge is 0.320 e. The number of ether oxygens (including phenoxy) is 1. The summed E-state index contributed by atoms with van der Waals surface area (Å²) in [5.41, 5.74) is 0. The number of carbonyl (C=O) groups is 2. The van der Waals surface area contributed by atoms with Gasteiger partial charge in [0.05, 0.1) is 13.2 Å². The van der Waals surface area contributed by atoms with E-state index in [9.17, 15) is 9.59 Å². The molecule has 1 N–H and O–H groups in total.